The number of rotatable bonds is 7. The molecule has 1 rings (SSSR count). The molecule has 0 amide bonds. The Morgan fingerprint density at radius 3 is 2.60 bits per heavy atom. The van der Waals surface area contributed by atoms with Crippen molar-refractivity contribution in [2.45, 2.75) is 25.6 Å². The molecular formula is C12H18O3. The lowest BCUT2D eigenvalue weighted by atomic mass is 10.2. The summed E-state index contributed by atoms with van der Waals surface area (Å²) < 4.78 is 5.35. The normalized spacial score (nSPS) is 12.7. The maximum absolute atomic E-state index is 9.42. The first-order chi connectivity index (χ1) is 7.33. The van der Waals surface area contributed by atoms with Gasteiger partial charge >= 0.3 is 0 Å². The zero-order valence-electron chi connectivity index (χ0n) is 8.80. The van der Waals surface area contributed by atoms with Crippen LogP contribution in [0, 0.1) is 0 Å². The lowest BCUT2D eigenvalue weighted by molar-refractivity contribution is 0.0216. The van der Waals surface area contributed by atoms with Crippen LogP contribution in [0.25, 0.3) is 0 Å². The molecule has 0 unspecified atom stereocenters. The molecule has 0 saturated heterocycles. The van der Waals surface area contributed by atoms with Crippen LogP contribution in [0.3, 0.4) is 0 Å². The Labute approximate surface area is 90.3 Å². The first kappa shape index (κ1) is 12.2. The monoisotopic (exact) mass is 210 g/mol. The van der Waals surface area contributed by atoms with Crippen molar-refractivity contribution in [3.05, 3.63) is 35.9 Å². The van der Waals surface area contributed by atoms with E-state index in [1.54, 1.807) is 0 Å². The van der Waals surface area contributed by atoms with E-state index in [9.17, 15) is 5.11 Å². The molecule has 1 aromatic carbocycles. The fraction of sp³-hybridized carbons (Fsp3) is 0.500. The average molecular weight is 210 g/mol. The van der Waals surface area contributed by atoms with E-state index in [1.807, 2.05) is 30.3 Å². The largest absolute Gasteiger partial charge is 0.396 e. The third-order valence-corrected chi connectivity index (χ3v) is 2.12. The van der Waals surface area contributed by atoms with Crippen LogP contribution in [0.15, 0.2) is 30.3 Å². The summed E-state index contributed by atoms with van der Waals surface area (Å²) in [6, 6.07) is 9.85. The molecule has 0 bridgehead atoms. The van der Waals surface area contributed by atoms with Gasteiger partial charge in [0.2, 0.25) is 0 Å². The summed E-state index contributed by atoms with van der Waals surface area (Å²) >= 11 is 0. The van der Waals surface area contributed by atoms with Crippen molar-refractivity contribution in [1.29, 1.82) is 0 Å². The molecule has 2 N–H and O–H groups in total. The minimum atomic E-state index is -0.471. The molecule has 0 aliphatic carbocycles. The molecule has 1 aromatic rings. The molecule has 0 spiro atoms. The number of hydrogen-bond donors (Lipinski definition) is 2. The van der Waals surface area contributed by atoms with Gasteiger partial charge in [0.1, 0.15) is 0 Å². The Morgan fingerprint density at radius 1 is 1.20 bits per heavy atom. The van der Waals surface area contributed by atoms with Gasteiger partial charge < -0.3 is 14.9 Å². The van der Waals surface area contributed by atoms with Crippen LogP contribution in [0.2, 0.25) is 0 Å². The van der Waals surface area contributed by atoms with E-state index in [0.29, 0.717) is 26.1 Å². The predicted molar refractivity (Wildman–Crippen MR) is 58.4 cm³/mol. The van der Waals surface area contributed by atoms with Gasteiger partial charge in [-0.3, -0.25) is 0 Å². The van der Waals surface area contributed by atoms with E-state index in [1.165, 1.54) is 0 Å². The highest BCUT2D eigenvalue weighted by Gasteiger charge is 2.03. The molecule has 15 heavy (non-hydrogen) atoms. The first-order valence-electron chi connectivity index (χ1n) is 5.23. The van der Waals surface area contributed by atoms with E-state index in [2.05, 4.69) is 0 Å². The maximum atomic E-state index is 9.42. The van der Waals surface area contributed by atoms with Gasteiger partial charge in [-0.05, 0) is 18.4 Å². The number of ether oxygens (including phenoxy) is 1. The van der Waals surface area contributed by atoms with Gasteiger partial charge in [-0.25, -0.2) is 0 Å². The van der Waals surface area contributed by atoms with Gasteiger partial charge in [0.25, 0.3) is 0 Å². The zero-order valence-corrected chi connectivity index (χ0v) is 8.80. The highest BCUT2D eigenvalue weighted by atomic mass is 16.5. The Balaban J connectivity index is 2.11. The van der Waals surface area contributed by atoms with Crippen molar-refractivity contribution >= 4 is 0 Å². The third kappa shape index (κ3) is 5.52. The summed E-state index contributed by atoms with van der Waals surface area (Å²) in [5.41, 5.74) is 1.10. The molecule has 3 heteroatoms. The Morgan fingerprint density at radius 2 is 1.93 bits per heavy atom. The Hall–Kier alpha value is -0.900. The van der Waals surface area contributed by atoms with Gasteiger partial charge in [-0.15, -0.1) is 0 Å². The van der Waals surface area contributed by atoms with Crippen molar-refractivity contribution in [1.82, 2.24) is 0 Å². The highest BCUT2D eigenvalue weighted by Crippen LogP contribution is 2.02. The predicted octanol–water partition coefficient (Wildman–Crippen LogP) is 1.34. The van der Waals surface area contributed by atoms with Gasteiger partial charge in [0, 0.05) is 6.61 Å². The molecule has 1 atom stereocenters. The second kappa shape index (κ2) is 7.40. The summed E-state index contributed by atoms with van der Waals surface area (Å²) in [5.74, 6) is 0. The van der Waals surface area contributed by atoms with Crippen molar-refractivity contribution in [2.24, 2.45) is 0 Å². The maximum Gasteiger partial charge on any atom is 0.0774 e. The second-order valence-electron chi connectivity index (χ2n) is 3.52. The van der Waals surface area contributed by atoms with Gasteiger partial charge in [-0.1, -0.05) is 30.3 Å². The average Bonchev–Trinajstić information content (AvgIpc) is 2.28. The molecule has 0 aromatic heterocycles. The first-order valence-corrected chi connectivity index (χ1v) is 5.23. The number of aliphatic hydroxyl groups is 2. The van der Waals surface area contributed by atoms with Crippen molar-refractivity contribution in [2.75, 3.05) is 13.2 Å². The van der Waals surface area contributed by atoms with Crippen LogP contribution >= 0.6 is 0 Å². The van der Waals surface area contributed by atoms with Crippen LogP contribution < -0.4 is 0 Å². The van der Waals surface area contributed by atoms with Crippen LogP contribution in [-0.4, -0.2) is 29.5 Å². The fourth-order valence-electron chi connectivity index (χ4n) is 1.30. The van der Waals surface area contributed by atoms with Crippen LogP contribution in [-0.2, 0) is 11.3 Å². The summed E-state index contributed by atoms with van der Waals surface area (Å²) in [5, 5.41) is 18.0. The Kier molecular flexibility index (Phi) is 6.00. The highest BCUT2D eigenvalue weighted by molar-refractivity contribution is 5.13. The Bertz CT molecular complexity index is 248. The third-order valence-electron chi connectivity index (χ3n) is 2.12. The minimum absolute atomic E-state index is 0.121. The summed E-state index contributed by atoms with van der Waals surface area (Å²) in [6.45, 7) is 0.974. The number of aliphatic hydroxyl groups excluding tert-OH is 2. The van der Waals surface area contributed by atoms with Crippen molar-refractivity contribution in [3.8, 4) is 0 Å². The standard InChI is InChI=1S/C12H18O3/c13-8-4-7-12(14)10-15-9-11-5-2-1-3-6-11/h1-3,5-6,12-14H,4,7-10H2/t12-/m1/s1. The molecule has 0 saturated carbocycles. The summed E-state index contributed by atoms with van der Waals surface area (Å²) in [7, 11) is 0. The van der Waals surface area contributed by atoms with E-state index in [-0.39, 0.29) is 6.61 Å². The molecule has 0 aliphatic rings. The number of hydrogen-bond acceptors (Lipinski definition) is 3. The van der Waals surface area contributed by atoms with E-state index in [4.69, 9.17) is 9.84 Å². The quantitative estimate of drug-likeness (QED) is 0.714. The van der Waals surface area contributed by atoms with E-state index >= 15 is 0 Å². The number of benzene rings is 1. The van der Waals surface area contributed by atoms with Crippen LogP contribution in [0.4, 0.5) is 0 Å². The summed E-state index contributed by atoms with van der Waals surface area (Å²) in [4.78, 5) is 0. The lowest BCUT2D eigenvalue weighted by Gasteiger charge is -2.10. The second-order valence-corrected chi connectivity index (χ2v) is 3.52. The van der Waals surface area contributed by atoms with Crippen LogP contribution in [0.1, 0.15) is 18.4 Å². The molecule has 84 valence electrons. The summed E-state index contributed by atoms with van der Waals surface area (Å²) in [6.07, 6.45) is 0.738. The minimum Gasteiger partial charge on any atom is -0.396 e. The molecule has 3 nitrogen and oxygen atoms in total. The molecule has 0 fully saturated rings. The lowest BCUT2D eigenvalue weighted by Crippen LogP contribution is -2.15. The zero-order chi connectivity index (χ0) is 10.9. The SMILES string of the molecule is OCCC[C@@H](O)COCc1ccccc1. The van der Waals surface area contributed by atoms with Crippen molar-refractivity contribution < 1.29 is 14.9 Å². The topological polar surface area (TPSA) is 49.7 Å². The fourth-order valence-corrected chi connectivity index (χ4v) is 1.30. The molecule has 0 aliphatic heterocycles. The van der Waals surface area contributed by atoms with Gasteiger partial charge in [-0.2, -0.15) is 0 Å². The van der Waals surface area contributed by atoms with Gasteiger partial charge in [0.05, 0.1) is 19.3 Å². The van der Waals surface area contributed by atoms with Crippen molar-refractivity contribution in [3.63, 3.8) is 0 Å². The van der Waals surface area contributed by atoms with Gasteiger partial charge in [0.15, 0.2) is 0 Å². The van der Waals surface area contributed by atoms with E-state index in [0.717, 1.165) is 5.56 Å². The smallest absolute Gasteiger partial charge is 0.0774 e. The molecule has 0 radical (unpaired) electrons. The molecular weight excluding hydrogens is 192 g/mol. The van der Waals surface area contributed by atoms with Crippen LogP contribution in [0.5, 0.6) is 0 Å². The molecule has 0 heterocycles. The van der Waals surface area contributed by atoms with E-state index < -0.39 is 6.10 Å².